The van der Waals surface area contributed by atoms with Crippen LogP contribution in [0.4, 0.5) is 5.69 Å². The van der Waals surface area contributed by atoms with Gasteiger partial charge in [0.2, 0.25) is 0 Å². The van der Waals surface area contributed by atoms with Crippen LogP contribution in [0.25, 0.3) is 0 Å². The lowest BCUT2D eigenvalue weighted by molar-refractivity contribution is 1.03. The van der Waals surface area contributed by atoms with Crippen molar-refractivity contribution in [2.24, 2.45) is 9.98 Å². The largest absolute Gasteiger partial charge is 0.265 e. The summed E-state index contributed by atoms with van der Waals surface area (Å²) >= 11 is 1.73. The number of hydrogen-bond donors (Lipinski definition) is 0. The predicted octanol–water partition coefficient (Wildman–Crippen LogP) is 2.83. The first-order valence-electron chi connectivity index (χ1n) is 4.44. The van der Waals surface area contributed by atoms with E-state index in [0.717, 1.165) is 5.69 Å². The predicted molar refractivity (Wildman–Crippen MR) is 60.8 cm³/mol. The van der Waals surface area contributed by atoms with Gasteiger partial charge in [0.15, 0.2) is 4.87 Å². The van der Waals surface area contributed by atoms with Crippen LogP contribution in [-0.4, -0.2) is 17.3 Å². The van der Waals surface area contributed by atoms with Gasteiger partial charge in [-0.2, -0.15) is 0 Å². The summed E-state index contributed by atoms with van der Waals surface area (Å²) < 4.78 is 0. The molecule has 0 radical (unpaired) electrons. The van der Waals surface area contributed by atoms with Crippen LogP contribution in [-0.2, 0) is 0 Å². The van der Waals surface area contributed by atoms with Crippen molar-refractivity contribution in [3.8, 4) is 0 Å². The standard InChI is InChI=1S/C11H8N2S/c1-2-5-10-9(4-1)12-8-11(14-10)6-3-7-13-11/h1-8H. The Bertz CT molecular complexity index is 448. The fourth-order valence-corrected chi connectivity index (χ4v) is 2.62. The molecule has 2 aliphatic heterocycles. The average Bonchev–Trinajstić information content (AvgIpc) is 2.66. The van der Waals surface area contributed by atoms with Crippen LogP contribution in [0.2, 0.25) is 0 Å². The molecule has 0 fully saturated rings. The van der Waals surface area contributed by atoms with Crippen LogP contribution >= 0.6 is 11.8 Å². The maximum absolute atomic E-state index is 4.42. The first kappa shape index (κ1) is 8.00. The zero-order valence-corrected chi connectivity index (χ0v) is 8.24. The van der Waals surface area contributed by atoms with Gasteiger partial charge in [0.1, 0.15) is 0 Å². The molecule has 1 atom stereocenters. The normalized spacial score (nSPS) is 27.1. The molecule has 0 saturated heterocycles. The van der Waals surface area contributed by atoms with Crippen LogP contribution in [0.1, 0.15) is 0 Å². The number of thioether (sulfide) groups is 1. The number of benzene rings is 1. The van der Waals surface area contributed by atoms with Gasteiger partial charge in [0.05, 0.1) is 5.69 Å². The Morgan fingerprint density at radius 2 is 2.14 bits per heavy atom. The Kier molecular flexibility index (Phi) is 1.61. The third-order valence-corrected chi connectivity index (χ3v) is 3.46. The highest BCUT2D eigenvalue weighted by molar-refractivity contribution is 8.01. The molecule has 0 aliphatic carbocycles. The minimum atomic E-state index is -0.269. The van der Waals surface area contributed by atoms with Gasteiger partial charge in [0, 0.05) is 17.3 Å². The molecule has 0 aromatic heterocycles. The van der Waals surface area contributed by atoms with E-state index in [0.29, 0.717) is 0 Å². The van der Waals surface area contributed by atoms with Gasteiger partial charge in [-0.05, 0) is 24.3 Å². The van der Waals surface area contributed by atoms with E-state index in [4.69, 9.17) is 0 Å². The zero-order chi connectivity index (χ0) is 9.43. The lowest BCUT2D eigenvalue weighted by Crippen LogP contribution is -2.20. The van der Waals surface area contributed by atoms with Crippen molar-refractivity contribution in [1.29, 1.82) is 0 Å². The molecule has 1 aromatic carbocycles. The maximum Gasteiger partial charge on any atom is 0.164 e. The summed E-state index contributed by atoms with van der Waals surface area (Å²) in [6.45, 7) is 0. The molecule has 0 N–H and O–H groups in total. The van der Waals surface area contributed by atoms with E-state index in [2.05, 4.69) is 22.1 Å². The Morgan fingerprint density at radius 3 is 3.00 bits per heavy atom. The Labute approximate surface area is 86.5 Å². The minimum Gasteiger partial charge on any atom is -0.265 e. The number of hydrogen-bond acceptors (Lipinski definition) is 3. The highest BCUT2D eigenvalue weighted by Crippen LogP contribution is 2.43. The van der Waals surface area contributed by atoms with E-state index in [1.807, 2.05) is 36.7 Å². The molecule has 0 amide bonds. The SMILES string of the molecule is C1=CC2(C=Nc3ccccc3S2)N=C1. The van der Waals surface area contributed by atoms with Crippen molar-refractivity contribution >= 4 is 29.9 Å². The Morgan fingerprint density at radius 1 is 1.21 bits per heavy atom. The summed E-state index contributed by atoms with van der Waals surface area (Å²) in [7, 11) is 0. The highest BCUT2D eigenvalue weighted by Gasteiger charge is 2.30. The molecule has 2 heterocycles. The third-order valence-electron chi connectivity index (χ3n) is 2.22. The summed E-state index contributed by atoms with van der Waals surface area (Å²) in [5.41, 5.74) is 1.04. The van der Waals surface area contributed by atoms with Crippen LogP contribution in [0, 0.1) is 0 Å². The van der Waals surface area contributed by atoms with Gasteiger partial charge in [-0.3, -0.25) is 9.98 Å². The highest BCUT2D eigenvalue weighted by atomic mass is 32.2. The van der Waals surface area contributed by atoms with Gasteiger partial charge in [-0.15, -0.1) is 0 Å². The fourth-order valence-electron chi connectivity index (χ4n) is 1.53. The zero-order valence-electron chi connectivity index (χ0n) is 7.42. The molecule has 0 saturated carbocycles. The van der Waals surface area contributed by atoms with E-state index in [9.17, 15) is 0 Å². The second-order valence-corrected chi connectivity index (χ2v) is 4.52. The van der Waals surface area contributed by atoms with E-state index in [-0.39, 0.29) is 4.87 Å². The molecule has 2 aliphatic rings. The van der Waals surface area contributed by atoms with Gasteiger partial charge in [-0.25, -0.2) is 0 Å². The quantitative estimate of drug-likeness (QED) is 0.632. The smallest absolute Gasteiger partial charge is 0.164 e. The Balaban J connectivity index is 2.09. The van der Waals surface area contributed by atoms with E-state index in [1.54, 1.807) is 11.8 Å². The number of allylic oxidation sites excluding steroid dienone is 1. The topological polar surface area (TPSA) is 24.7 Å². The molecule has 14 heavy (non-hydrogen) atoms. The molecular weight excluding hydrogens is 192 g/mol. The second kappa shape index (κ2) is 2.82. The summed E-state index contributed by atoms with van der Waals surface area (Å²) in [6, 6.07) is 8.14. The average molecular weight is 200 g/mol. The molecule has 3 heteroatoms. The van der Waals surface area contributed by atoms with Crippen LogP contribution in [0.5, 0.6) is 0 Å². The third kappa shape index (κ3) is 1.13. The van der Waals surface area contributed by atoms with Crippen molar-refractivity contribution < 1.29 is 0 Å². The monoisotopic (exact) mass is 200 g/mol. The molecular formula is C11H8N2S. The molecule has 2 nitrogen and oxygen atoms in total. The lowest BCUT2D eigenvalue weighted by Gasteiger charge is -2.23. The summed E-state index contributed by atoms with van der Waals surface area (Å²) in [5, 5.41) is 0. The number of aliphatic imine (C=N–C) groups is 2. The van der Waals surface area contributed by atoms with Crippen LogP contribution in [0.15, 0.2) is 51.3 Å². The van der Waals surface area contributed by atoms with Crippen molar-refractivity contribution in [2.75, 3.05) is 0 Å². The lowest BCUT2D eigenvalue weighted by atomic mass is 10.3. The van der Waals surface area contributed by atoms with Gasteiger partial charge in [0.25, 0.3) is 0 Å². The number of rotatable bonds is 0. The molecule has 1 unspecified atom stereocenters. The summed E-state index contributed by atoms with van der Waals surface area (Å²) in [5.74, 6) is 0. The van der Waals surface area contributed by atoms with Crippen molar-refractivity contribution in [1.82, 2.24) is 0 Å². The van der Waals surface area contributed by atoms with E-state index < -0.39 is 0 Å². The van der Waals surface area contributed by atoms with Crippen molar-refractivity contribution in [3.05, 3.63) is 36.4 Å². The number of para-hydroxylation sites is 1. The second-order valence-electron chi connectivity index (χ2n) is 3.22. The molecule has 0 bridgehead atoms. The summed E-state index contributed by atoms with van der Waals surface area (Å²) in [4.78, 5) is 9.74. The van der Waals surface area contributed by atoms with Crippen LogP contribution in [0.3, 0.4) is 0 Å². The van der Waals surface area contributed by atoms with Crippen molar-refractivity contribution in [2.45, 2.75) is 9.77 Å². The first-order chi connectivity index (χ1) is 6.88. The minimum absolute atomic E-state index is 0.269. The summed E-state index contributed by atoms with van der Waals surface area (Å²) in [6.07, 6.45) is 7.76. The molecule has 1 spiro atoms. The van der Waals surface area contributed by atoms with Crippen molar-refractivity contribution in [3.63, 3.8) is 0 Å². The number of nitrogens with zero attached hydrogens (tertiary/aromatic N) is 2. The van der Waals surface area contributed by atoms with E-state index in [1.165, 1.54) is 4.90 Å². The van der Waals surface area contributed by atoms with Gasteiger partial charge in [-0.1, -0.05) is 23.9 Å². The first-order valence-corrected chi connectivity index (χ1v) is 5.26. The molecule has 68 valence electrons. The fraction of sp³-hybridized carbons (Fsp3) is 0.0909. The Hall–Kier alpha value is -1.35. The maximum atomic E-state index is 4.42. The molecule has 3 rings (SSSR count). The van der Waals surface area contributed by atoms with Crippen LogP contribution < -0.4 is 0 Å². The van der Waals surface area contributed by atoms with Gasteiger partial charge < -0.3 is 0 Å². The number of fused-ring (bicyclic) bond motifs is 1. The van der Waals surface area contributed by atoms with Gasteiger partial charge >= 0.3 is 0 Å². The van der Waals surface area contributed by atoms with E-state index >= 15 is 0 Å². The molecule has 1 aromatic rings.